The van der Waals surface area contributed by atoms with Gasteiger partial charge in [0.05, 0.1) is 10.9 Å². The summed E-state index contributed by atoms with van der Waals surface area (Å²) in [6, 6.07) is 2.71. The van der Waals surface area contributed by atoms with Crippen molar-refractivity contribution in [3.05, 3.63) is 65.0 Å². The van der Waals surface area contributed by atoms with Gasteiger partial charge in [0.1, 0.15) is 17.0 Å². The number of hydrogen-bond donors (Lipinski definition) is 0. The molecule has 0 aromatic heterocycles. The summed E-state index contributed by atoms with van der Waals surface area (Å²) in [4.78, 5) is 12.8. The fraction of sp³-hybridized carbons (Fsp3) is 0.480. The van der Waals surface area contributed by atoms with E-state index in [2.05, 4.69) is 0 Å². The molecule has 4 rings (SSSR count). The quantitative estimate of drug-likeness (QED) is 0.283. The van der Waals surface area contributed by atoms with Gasteiger partial charge in [-0.25, -0.2) is 17.2 Å². The van der Waals surface area contributed by atoms with Gasteiger partial charge in [-0.2, -0.15) is 39.5 Å². The molecule has 2 aliphatic rings. The number of carbonyl (C=O) groups excluding carboxylic acids is 1. The summed E-state index contributed by atoms with van der Waals surface area (Å²) in [5, 5.41) is 0. The van der Waals surface area contributed by atoms with Crippen molar-refractivity contribution in [2.75, 3.05) is 6.54 Å². The van der Waals surface area contributed by atoms with Gasteiger partial charge >= 0.3 is 24.2 Å². The fourth-order valence-corrected chi connectivity index (χ4v) is 8.19. The second-order valence-corrected chi connectivity index (χ2v) is 12.1. The maximum Gasteiger partial charge on any atom is 0.435 e. The maximum absolute atomic E-state index is 14.9. The van der Waals surface area contributed by atoms with E-state index in [0.29, 0.717) is 11.0 Å². The number of fused-ring (bicyclic) bond motifs is 3. The molecule has 1 aliphatic heterocycles. The monoisotopic (exact) mass is 623 g/mol. The van der Waals surface area contributed by atoms with Crippen molar-refractivity contribution in [1.29, 1.82) is 0 Å². The Morgan fingerprint density at radius 2 is 1.49 bits per heavy atom. The van der Waals surface area contributed by atoms with E-state index in [1.54, 1.807) is 0 Å². The molecule has 1 aliphatic carbocycles. The number of likely N-dealkylation sites (tertiary alicyclic amines) is 1. The van der Waals surface area contributed by atoms with Crippen molar-refractivity contribution in [3.63, 3.8) is 0 Å². The second kappa shape index (κ2) is 9.83. The molecular formula is C25H20F11NO3S. The van der Waals surface area contributed by atoms with E-state index in [1.165, 1.54) is 0 Å². The van der Waals surface area contributed by atoms with Gasteiger partial charge in [-0.1, -0.05) is 18.2 Å². The number of benzene rings is 2. The predicted molar refractivity (Wildman–Crippen MR) is 120 cm³/mol. The van der Waals surface area contributed by atoms with Crippen molar-refractivity contribution >= 4 is 15.7 Å². The van der Waals surface area contributed by atoms with Gasteiger partial charge in [0, 0.05) is 12.1 Å². The molecular weight excluding hydrogens is 603 g/mol. The highest BCUT2D eigenvalue weighted by Crippen LogP contribution is 2.56. The number of nitrogens with zero attached hydrogens (tertiary/aromatic N) is 1. The van der Waals surface area contributed by atoms with Crippen LogP contribution in [-0.4, -0.2) is 50.3 Å². The molecule has 0 spiro atoms. The van der Waals surface area contributed by atoms with Crippen molar-refractivity contribution in [2.45, 2.75) is 72.0 Å². The third-order valence-corrected chi connectivity index (χ3v) is 10.1. The molecule has 1 amide bonds. The average Bonchev–Trinajstić information content (AvgIpc) is 3.14. The van der Waals surface area contributed by atoms with Gasteiger partial charge in [0.2, 0.25) is 5.91 Å². The van der Waals surface area contributed by atoms with E-state index in [-0.39, 0.29) is 37.0 Å². The first-order chi connectivity index (χ1) is 18.7. The van der Waals surface area contributed by atoms with Crippen LogP contribution >= 0.6 is 0 Å². The maximum atomic E-state index is 14.9. The predicted octanol–water partition coefficient (Wildman–Crippen LogP) is 6.67. The Kier molecular flexibility index (Phi) is 7.44. The SMILES string of the molecule is O=C(CC(F)(F)F)N1CC[C@@]2(S(=O)(=O)c3ccc(F)cc3)c3ccc(C(F)(C(F)(F)F)C(F)(F)F)cc3CCC[C@@H]12. The number of rotatable bonds is 4. The Labute approximate surface area is 226 Å². The van der Waals surface area contributed by atoms with Gasteiger partial charge in [0.25, 0.3) is 0 Å². The summed E-state index contributed by atoms with van der Waals surface area (Å²) >= 11 is 0. The molecule has 0 N–H and O–H groups in total. The van der Waals surface area contributed by atoms with E-state index >= 15 is 0 Å². The highest BCUT2D eigenvalue weighted by molar-refractivity contribution is 7.92. The molecule has 2 aromatic carbocycles. The number of halogens is 11. The summed E-state index contributed by atoms with van der Waals surface area (Å²) in [5.74, 6) is -2.33. The number of hydrogen-bond acceptors (Lipinski definition) is 3. The van der Waals surface area contributed by atoms with E-state index in [4.69, 9.17) is 0 Å². The lowest BCUT2D eigenvalue weighted by Gasteiger charge is -2.38. The van der Waals surface area contributed by atoms with Crippen molar-refractivity contribution in [2.24, 2.45) is 0 Å². The first kappa shape index (κ1) is 31.0. The van der Waals surface area contributed by atoms with Crippen LogP contribution in [0, 0.1) is 5.82 Å². The van der Waals surface area contributed by atoms with E-state index in [9.17, 15) is 61.5 Å². The van der Waals surface area contributed by atoms with Crippen LogP contribution in [-0.2, 0) is 31.5 Å². The minimum absolute atomic E-state index is 0.143. The zero-order valence-electron chi connectivity index (χ0n) is 20.6. The van der Waals surface area contributed by atoms with Crippen LogP contribution in [0.25, 0.3) is 0 Å². The van der Waals surface area contributed by atoms with Gasteiger partial charge in [-0.3, -0.25) is 4.79 Å². The van der Waals surface area contributed by atoms with Crippen molar-refractivity contribution in [1.82, 2.24) is 4.90 Å². The lowest BCUT2D eigenvalue weighted by molar-refractivity contribution is -0.348. The molecule has 1 heterocycles. The van der Waals surface area contributed by atoms with E-state index in [1.807, 2.05) is 0 Å². The molecule has 0 unspecified atom stereocenters. The number of amides is 1. The smallest absolute Gasteiger partial charge is 0.337 e. The molecule has 1 saturated heterocycles. The standard InChI is InChI=1S/C25H20F11NO3S/c26-16-5-7-17(8-6-16)41(39,40)21-10-11-37(20(38)13-22(27,28)29)19(21)3-1-2-14-12-15(4-9-18(14)21)23(30,24(31,32)33)25(34,35)36/h4-9,12,19H,1-3,10-11,13H2/t19-,21-/m1/s1. The normalized spacial score (nSPS) is 22.2. The van der Waals surface area contributed by atoms with Crippen molar-refractivity contribution in [3.8, 4) is 0 Å². The number of aryl methyl sites for hydroxylation is 1. The Bertz CT molecular complexity index is 1420. The fourth-order valence-electron chi connectivity index (χ4n) is 5.82. The first-order valence-corrected chi connectivity index (χ1v) is 13.5. The number of sulfone groups is 1. The van der Waals surface area contributed by atoms with Crippen LogP contribution in [0.2, 0.25) is 0 Å². The van der Waals surface area contributed by atoms with Crippen LogP contribution in [0.4, 0.5) is 48.3 Å². The Hall–Kier alpha value is -2.91. The van der Waals surface area contributed by atoms with Crippen LogP contribution in [0.3, 0.4) is 0 Å². The molecule has 0 bridgehead atoms. The number of carbonyl (C=O) groups is 1. The molecule has 4 nitrogen and oxygen atoms in total. The third kappa shape index (κ3) is 4.95. The molecule has 41 heavy (non-hydrogen) atoms. The van der Waals surface area contributed by atoms with E-state index < -0.39 is 92.0 Å². The molecule has 0 radical (unpaired) electrons. The third-order valence-electron chi connectivity index (χ3n) is 7.58. The van der Waals surface area contributed by atoms with Crippen LogP contribution in [0.1, 0.15) is 42.4 Å². The lowest BCUT2D eigenvalue weighted by Crippen LogP contribution is -2.51. The second-order valence-electron chi connectivity index (χ2n) is 9.91. The lowest BCUT2D eigenvalue weighted by atomic mass is 9.84. The highest BCUT2D eigenvalue weighted by atomic mass is 32.2. The van der Waals surface area contributed by atoms with Crippen molar-refractivity contribution < 1.29 is 61.5 Å². The molecule has 2 atom stereocenters. The zero-order chi connectivity index (χ0) is 30.8. The minimum Gasteiger partial charge on any atom is -0.337 e. The van der Waals surface area contributed by atoms with Gasteiger partial charge in [-0.15, -0.1) is 0 Å². The molecule has 0 saturated carbocycles. The number of alkyl halides is 10. The summed E-state index contributed by atoms with van der Waals surface area (Å²) in [5.41, 5.74) is -8.45. The topological polar surface area (TPSA) is 54.5 Å². The van der Waals surface area contributed by atoms with Crippen LogP contribution in [0.15, 0.2) is 47.4 Å². The average molecular weight is 623 g/mol. The van der Waals surface area contributed by atoms with Gasteiger partial charge in [-0.05, 0) is 61.1 Å². The molecule has 226 valence electrons. The summed E-state index contributed by atoms with van der Waals surface area (Å²) in [7, 11) is -4.81. The zero-order valence-corrected chi connectivity index (χ0v) is 21.4. The van der Waals surface area contributed by atoms with E-state index in [0.717, 1.165) is 24.3 Å². The Morgan fingerprint density at radius 3 is 2.02 bits per heavy atom. The first-order valence-electron chi connectivity index (χ1n) is 12.0. The Morgan fingerprint density at radius 1 is 0.902 bits per heavy atom. The molecule has 1 fully saturated rings. The van der Waals surface area contributed by atoms with Gasteiger partial charge in [0.15, 0.2) is 9.84 Å². The molecule has 16 heteroatoms. The summed E-state index contributed by atoms with van der Waals surface area (Å²) in [6.45, 7) is -0.542. The van der Waals surface area contributed by atoms with Gasteiger partial charge < -0.3 is 4.90 Å². The van der Waals surface area contributed by atoms with Crippen LogP contribution < -0.4 is 0 Å². The summed E-state index contributed by atoms with van der Waals surface area (Å²) < 4.78 is 174. The largest absolute Gasteiger partial charge is 0.435 e. The summed E-state index contributed by atoms with van der Waals surface area (Å²) in [6.07, 6.45) is -21.2. The minimum atomic E-state index is -6.45. The van der Waals surface area contributed by atoms with Crippen LogP contribution in [0.5, 0.6) is 0 Å². The Balaban J connectivity index is 1.97. The molecule has 2 aromatic rings. The highest BCUT2D eigenvalue weighted by Gasteiger charge is 2.73.